The van der Waals surface area contributed by atoms with Gasteiger partial charge in [0, 0.05) is 12.5 Å². The normalized spacial score (nSPS) is 11.1. The van der Waals surface area contributed by atoms with Gasteiger partial charge in [0.2, 0.25) is 5.91 Å². The lowest BCUT2D eigenvalue weighted by atomic mass is 10.2. The summed E-state index contributed by atoms with van der Waals surface area (Å²) >= 11 is 0. The van der Waals surface area contributed by atoms with Crippen molar-refractivity contribution in [1.82, 2.24) is 10.2 Å². The van der Waals surface area contributed by atoms with Crippen LogP contribution in [-0.4, -0.2) is 51.6 Å². The van der Waals surface area contributed by atoms with E-state index in [0.717, 1.165) is 0 Å². The molecule has 0 atom stereocenters. The number of methoxy groups -OCH3 is 3. The molecule has 32 heavy (non-hydrogen) atoms. The molecule has 0 saturated carbocycles. The molecule has 3 aromatic rings. The van der Waals surface area contributed by atoms with Gasteiger partial charge >= 0.3 is 6.01 Å². The van der Waals surface area contributed by atoms with Crippen molar-refractivity contribution < 1.29 is 31.8 Å². The van der Waals surface area contributed by atoms with Gasteiger partial charge in [-0.25, -0.2) is 8.42 Å². The first kappa shape index (κ1) is 23.1. The monoisotopic (exact) mass is 461 g/mol. The Morgan fingerprint density at radius 3 is 2.31 bits per heavy atom. The average molecular weight is 461 g/mol. The Morgan fingerprint density at radius 2 is 1.66 bits per heavy atom. The number of amides is 1. The van der Waals surface area contributed by atoms with E-state index in [1.807, 2.05) is 0 Å². The molecule has 1 amide bonds. The number of sulfone groups is 1. The van der Waals surface area contributed by atoms with E-state index < -0.39 is 15.7 Å². The largest absolute Gasteiger partial charge is 0.497 e. The Morgan fingerprint density at radius 1 is 0.969 bits per heavy atom. The summed E-state index contributed by atoms with van der Waals surface area (Å²) in [4.78, 5) is 12.4. The zero-order valence-corrected chi connectivity index (χ0v) is 18.6. The number of carbonyl (C=O) groups excluding carboxylic acids is 1. The summed E-state index contributed by atoms with van der Waals surface area (Å²) in [5.74, 6) is 1.17. The van der Waals surface area contributed by atoms with E-state index in [9.17, 15) is 13.2 Å². The molecular weight excluding hydrogens is 438 g/mol. The smallest absolute Gasteiger partial charge is 0.322 e. The van der Waals surface area contributed by atoms with Crippen LogP contribution in [0.15, 0.2) is 51.8 Å². The molecule has 11 heteroatoms. The number of nitrogens with zero attached hydrogens (tertiary/aromatic N) is 2. The van der Waals surface area contributed by atoms with Gasteiger partial charge in [-0.05, 0) is 42.8 Å². The maximum absolute atomic E-state index is 12.4. The standard InChI is InChI=1S/C21H23N3O7S/c1-28-14-6-9-16(10-7-14)32(26,27)12-4-5-19(25)22-21-24-23-20(31-21)17-11-8-15(29-2)13-18(17)30-3/h6-11,13H,4-5,12H2,1-3H3,(H,22,24,25). The number of carbonyl (C=O) groups is 1. The Bertz CT molecular complexity index is 1170. The lowest BCUT2D eigenvalue weighted by Crippen LogP contribution is -2.14. The van der Waals surface area contributed by atoms with Crippen LogP contribution in [0.25, 0.3) is 11.5 Å². The number of rotatable bonds is 10. The summed E-state index contributed by atoms with van der Waals surface area (Å²) < 4.78 is 45.8. The van der Waals surface area contributed by atoms with Crippen LogP contribution in [0, 0.1) is 0 Å². The van der Waals surface area contributed by atoms with E-state index in [1.165, 1.54) is 33.5 Å². The van der Waals surface area contributed by atoms with Gasteiger partial charge in [0.05, 0.1) is 37.5 Å². The minimum atomic E-state index is -3.51. The Hall–Kier alpha value is -3.60. The third kappa shape index (κ3) is 5.55. The molecule has 0 bridgehead atoms. The fraction of sp³-hybridized carbons (Fsp3) is 0.286. The van der Waals surface area contributed by atoms with E-state index >= 15 is 0 Å². The van der Waals surface area contributed by atoms with E-state index in [1.54, 1.807) is 30.3 Å². The van der Waals surface area contributed by atoms with Crippen LogP contribution in [0.3, 0.4) is 0 Å². The number of benzene rings is 2. The minimum Gasteiger partial charge on any atom is -0.497 e. The molecule has 0 aliphatic carbocycles. The molecule has 0 aliphatic heterocycles. The van der Waals surface area contributed by atoms with Crippen LogP contribution in [-0.2, 0) is 14.6 Å². The van der Waals surface area contributed by atoms with Crippen molar-refractivity contribution in [3.05, 3.63) is 42.5 Å². The number of anilines is 1. The summed E-state index contributed by atoms with van der Waals surface area (Å²) in [7, 11) is 1.03. The van der Waals surface area contributed by atoms with Gasteiger partial charge in [-0.15, -0.1) is 5.10 Å². The predicted octanol–water partition coefficient (Wildman–Crippen LogP) is 2.96. The molecule has 3 rings (SSSR count). The second-order valence-corrected chi connectivity index (χ2v) is 8.73. The van der Waals surface area contributed by atoms with Crippen molar-refractivity contribution >= 4 is 21.8 Å². The van der Waals surface area contributed by atoms with E-state index in [2.05, 4.69) is 15.5 Å². The van der Waals surface area contributed by atoms with Crippen LogP contribution >= 0.6 is 0 Å². The number of hydrogen-bond acceptors (Lipinski definition) is 9. The van der Waals surface area contributed by atoms with Gasteiger partial charge in [0.1, 0.15) is 17.2 Å². The maximum Gasteiger partial charge on any atom is 0.322 e. The number of hydrogen-bond donors (Lipinski definition) is 1. The molecule has 10 nitrogen and oxygen atoms in total. The van der Waals surface area contributed by atoms with Gasteiger partial charge in [-0.1, -0.05) is 5.10 Å². The van der Waals surface area contributed by atoms with Gasteiger partial charge < -0.3 is 18.6 Å². The third-order valence-corrected chi connectivity index (χ3v) is 6.36. The minimum absolute atomic E-state index is 0.0288. The summed E-state index contributed by atoms with van der Waals surface area (Å²) in [5, 5.41) is 10.2. The van der Waals surface area contributed by atoms with Crippen molar-refractivity contribution in [3.8, 4) is 28.7 Å². The summed E-state index contributed by atoms with van der Waals surface area (Å²) in [6.07, 6.45) is 0.104. The Labute approximate surface area is 185 Å². The fourth-order valence-corrected chi connectivity index (χ4v) is 4.17. The van der Waals surface area contributed by atoms with Gasteiger partial charge in [0.25, 0.3) is 5.89 Å². The molecule has 2 aromatic carbocycles. The van der Waals surface area contributed by atoms with Crippen molar-refractivity contribution in [2.45, 2.75) is 17.7 Å². The van der Waals surface area contributed by atoms with Crippen LogP contribution in [0.4, 0.5) is 6.01 Å². The summed E-state index contributed by atoms with van der Waals surface area (Å²) in [6, 6.07) is 11.1. The van der Waals surface area contributed by atoms with Crippen LogP contribution < -0.4 is 19.5 Å². The van der Waals surface area contributed by atoms with Crippen LogP contribution in [0.5, 0.6) is 17.2 Å². The topological polar surface area (TPSA) is 130 Å². The molecule has 0 aliphatic rings. The zero-order valence-electron chi connectivity index (χ0n) is 17.8. The van der Waals surface area contributed by atoms with E-state index in [0.29, 0.717) is 22.8 Å². The first-order valence-corrected chi connectivity index (χ1v) is 11.2. The van der Waals surface area contributed by atoms with Crippen molar-refractivity contribution in [2.24, 2.45) is 0 Å². The fourth-order valence-electron chi connectivity index (χ4n) is 2.86. The van der Waals surface area contributed by atoms with Crippen molar-refractivity contribution in [1.29, 1.82) is 0 Å². The van der Waals surface area contributed by atoms with Gasteiger partial charge in [-0.3, -0.25) is 10.1 Å². The molecule has 0 unspecified atom stereocenters. The summed E-state index contributed by atoms with van der Waals surface area (Å²) in [5.41, 5.74) is 0.534. The number of aromatic nitrogens is 2. The lowest BCUT2D eigenvalue weighted by Gasteiger charge is -2.07. The maximum atomic E-state index is 12.4. The van der Waals surface area contributed by atoms with Gasteiger partial charge in [-0.2, -0.15) is 0 Å². The molecule has 170 valence electrons. The Balaban J connectivity index is 1.56. The quantitative estimate of drug-likeness (QED) is 0.484. The first-order valence-electron chi connectivity index (χ1n) is 9.59. The molecule has 0 saturated heterocycles. The molecular formula is C21H23N3O7S. The molecule has 0 radical (unpaired) electrons. The summed E-state index contributed by atoms with van der Waals surface area (Å²) in [6.45, 7) is 0. The van der Waals surface area contributed by atoms with Gasteiger partial charge in [0.15, 0.2) is 9.84 Å². The lowest BCUT2D eigenvalue weighted by molar-refractivity contribution is -0.116. The van der Waals surface area contributed by atoms with E-state index in [-0.39, 0.29) is 35.4 Å². The third-order valence-electron chi connectivity index (χ3n) is 4.55. The highest BCUT2D eigenvalue weighted by Crippen LogP contribution is 2.33. The number of nitrogens with one attached hydrogen (secondary N) is 1. The highest BCUT2D eigenvalue weighted by Gasteiger charge is 2.18. The van der Waals surface area contributed by atoms with Crippen LogP contribution in [0.2, 0.25) is 0 Å². The molecule has 0 spiro atoms. The zero-order chi connectivity index (χ0) is 23.1. The highest BCUT2D eigenvalue weighted by molar-refractivity contribution is 7.91. The van der Waals surface area contributed by atoms with Crippen molar-refractivity contribution in [3.63, 3.8) is 0 Å². The second kappa shape index (κ2) is 10.1. The van der Waals surface area contributed by atoms with Crippen molar-refractivity contribution in [2.75, 3.05) is 32.4 Å². The molecule has 1 N–H and O–H groups in total. The van der Waals surface area contributed by atoms with Crippen LogP contribution in [0.1, 0.15) is 12.8 Å². The second-order valence-electron chi connectivity index (χ2n) is 6.62. The molecule has 1 aromatic heterocycles. The predicted molar refractivity (Wildman–Crippen MR) is 116 cm³/mol. The number of ether oxygens (including phenoxy) is 3. The van der Waals surface area contributed by atoms with E-state index in [4.69, 9.17) is 18.6 Å². The average Bonchev–Trinajstić information content (AvgIpc) is 3.26. The highest BCUT2D eigenvalue weighted by atomic mass is 32.2. The SMILES string of the molecule is COc1ccc(S(=O)(=O)CCCC(=O)Nc2nnc(-c3ccc(OC)cc3OC)o2)cc1. The molecule has 0 fully saturated rings. The first-order chi connectivity index (χ1) is 15.4. The molecule has 1 heterocycles. The Kier molecular flexibility index (Phi) is 7.31.